The molecule has 0 aliphatic heterocycles. The maximum atomic E-state index is 10.3. The minimum Gasteiger partial charge on any atom is -0.649 e. The first kappa shape index (κ1) is 20.6. The number of rotatable bonds is 3. The molecule has 84 valence electrons. The average molecular weight is 271 g/mol. The van der Waals surface area contributed by atoms with Crippen LogP contribution in [0.4, 0.5) is 0 Å². The van der Waals surface area contributed by atoms with Crippen LogP contribution in [0.3, 0.4) is 0 Å². The molecule has 0 aromatic rings. The molecule has 0 aromatic heterocycles. The molecule has 0 spiro atoms. The van der Waals surface area contributed by atoms with Crippen LogP contribution in [0.1, 0.15) is 27.2 Å². The summed E-state index contributed by atoms with van der Waals surface area (Å²) >= 11 is 3.00. The van der Waals surface area contributed by atoms with Gasteiger partial charge in [0.15, 0.2) is 0 Å². The van der Waals surface area contributed by atoms with Gasteiger partial charge in [-0.3, -0.25) is 0 Å². The Morgan fingerprint density at radius 3 is 1.93 bits per heavy atom. The van der Waals surface area contributed by atoms with Gasteiger partial charge in [-0.25, -0.2) is 0 Å². The predicted octanol–water partition coefficient (Wildman–Crippen LogP) is -0.750. The van der Waals surface area contributed by atoms with E-state index < -0.39 is 0 Å². The molecule has 15 heavy (non-hydrogen) atoms. The zero-order valence-corrected chi connectivity index (χ0v) is 11.4. The minimum atomic E-state index is -0.373. The van der Waals surface area contributed by atoms with E-state index in [1.165, 1.54) is 6.47 Å². The summed E-state index contributed by atoms with van der Waals surface area (Å²) in [5.41, 5.74) is -0.373. The fourth-order valence-corrected chi connectivity index (χ4v) is 0.511. The maximum Gasteiger partial charge on any atom is 1.00 e. The smallest absolute Gasteiger partial charge is 0.649 e. The Kier molecular flexibility index (Phi) is 14.7. The van der Waals surface area contributed by atoms with Gasteiger partial charge in [-0.2, -0.15) is 0 Å². The van der Waals surface area contributed by atoms with Gasteiger partial charge in [0.1, 0.15) is 0 Å². The third-order valence-electron chi connectivity index (χ3n) is 0.944. The Morgan fingerprint density at radius 2 is 1.93 bits per heavy atom. The van der Waals surface area contributed by atoms with Crippen LogP contribution >= 0.6 is 15.9 Å². The SMILES string of the molecule is CC(C)(C)O[C-]=O.[CH2-]CC(=O)C([CH2-])Br.[Li+]. The summed E-state index contributed by atoms with van der Waals surface area (Å²) < 4.78 is 4.42. The Hall–Kier alpha value is 0.217. The summed E-state index contributed by atoms with van der Waals surface area (Å²) in [5, 5.41) is 0. The van der Waals surface area contributed by atoms with Gasteiger partial charge in [-0.1, -0.05) is 11.3 Å². The quantitative estimate of drug-likeness (QED) is 0.385. The average Bonchev–Trinajstić information content (AvgIpc) is 2.01. The number of carbonyl (C=O) groups is 1. The zero-order chi connectivity index (χ0) is 11.8. The third kappa shape index (κ3) is 20.3. The van der Waals surface area contributed by atoms with E-state index in [0.717, 1.165) is 0 Å². The van der Waals surface area contributed by atoms with Crippen molar-refractivity contribution >= 4 is 28.2 Å². The van der Waals surface area contributed by atoms with Crippen LogP contribution in [0.5, 0.6) is 0 Å². The molecule has 0 aliphatic carbocycles. The van der Waals surface area contributed by atoms with Crippen molar-refractivity contribution in [2.45, 2.75) is 37.6 Å². The van der Waals surface area contributed by atoms with Crippen molar-refractivity contribution in [3.8, 4) is 0 Å². The van der Waals surface area contributed by atoms with E-state index in [-0.39, 0.29) is 35.1 Å². The fraction of sp³-hybridized carbons (Fsp3) is 0.600. The molecule has 0 aliphatic rings. The molecule has 0 bridgehead atoms. The summed E-state index contributed by atoms with van der Waals surface area (Å²) in [7, 11) is 0. The van der Waals surface area contributed by atoms with E-state index in [1.807, 2.05) is 0 Å². The van der Waals surface area contributed by atoms with E-state index in [9.17, 15) is 9.59 Å². The maximum absolute atomic E-state index is 10.3. The van der Waals surface area contributed by atoms with Gasteiger partial charge in [0, 0.05) is 0 Å². The molecule has 1 atom stereocenters. The van der Waals surface area contributed by atoms with Gasteiger partial charge >= 0.3 is 18.9 Å². The molecular weight excluding hydrogens is 255 g/mol. The van der Waals surface area contributed by atoms with Crippen LogP contribution in [-0.4, -0.2) is 22.7 Å². The second-order valence-corrected chi connectivity index (χ2v) is 4.59. The second-order valence-electron chi connectivity index (χ2n) is 3.48. The Balaban J connectivity index is -0.000000180. The van der Waals surface area contributed by atoms with Crippen molar-refractivity contribution in [2.24, 2.45) is 0 Å². The van der Waals surface area contributed by atoms with Crippen molar-refractivity contribution in [1.82, 2.24) is 0 Å². The van der Waals surface area contributed by atoms with Crippen molar-refractivity contribution in [2.75, 3.05) is 0 Å². The van der Waals surface area contributed by atoms with Crippen molar-refractivity contribution in [3.05, 3.63) is 13.8 Å². The van der Waals surface area contributed by atoms with Gasteiger partial charge < -0.3 is 28.2 Å². The molecule has 1 unspecified atom stereocenters. The van der Waals surface area contributed by atoms with Crippen LogP contribution in [0.2, 0.25) is 0 Å². The van der Waals surface area contributed by atoms with Gasteiger partial charge in [0.2, 0.25) is 0 Å². The summed E-state index contributed by atoms with van der Waals surface area (Å²) in [4.78, 5) is 19.5. The van der Waals surface area contributed by atoms with Crippen molar-refractivity contribution in [3.63, 3.8) is 0 Å². The topological polar surface area (TPSA) is 43.4 Å². The first-order valence-electron chi connectivity index (χ1n) is 4.09. The fourth-order valence-electron chi connectivity index (χ4n) is 0.282. The summed E-state index contributed by atoms with van der Waals surface area (Å²) in [6.07, 6.45) is 0.319. The Morgan fingerprint density at radius 1 is 1.53 bits per heavy atom. The van der Waals surface area contributed by atoms with Crippen molar-refractivity contribution < 1.29 is 33.2 Å². The van der Waals surface area contributed by atoms with Crippen LogP contribution in [0.25, 0.3) is 0 Å². The van der Waals surface area contributed by atoms with Gasteiger partial charge in [-0.15, -0.1) is 22.4 Å². The monoisotopic (exact) mass is 270 g/mol. The van der Waals surface area contributed by atoms with Gasteiger partial charge in [-0.05, 0) is 20.8 Å². The predicted molar refractivity (Wildman–Crippen MR) is 59.6 cm³/mol. The molecule has 0 N–H and O–H groups in total. The number of alkyl halides is 1. The molecular formula is C10H16BrLiO3-2. The zero-order valence-electron chi connectivity index (χ0n) is 9.80. The molecule has 0 saturated carbocycles. The van der Waals surface area contributed by atoms with Crippen LogP contribution < -0.4 is 18.9 Å². The Labute approximate surface area is 113 Å². The van der Waals surface area contributed by atoms with Gasteiger partial charge in [0.25, 0.3) is 0 Å². The van der Waals surface area contributed by atoms with Gasteiger partial charge in [0.05, 0.1) is 11.4 Å². The number of carbonyl (C=O) groups excluding carboxylic acids is 2. The van der Waals surface area contributed by atoms with Crippen LogP contribution in [0, 0.1) is 13.8 Å². The number of hydrogen-bond donors (Lipinski definition) is 0. The summed E-state index contributed by atoms with van der Waals surface area (Å²) in [6, 6.07) is 0. The molecule has 0 heterocycles. The van der Waals surface area contributed by atoms with Crippen LogP contribution in [-0.2, 0) is 14.3 Å². The van der Waals surface area contributed by atoms with E-state index >= 15 is 0 Å². The molecule has 0 aromatic carbocycles. The second kappa shape index (κ2) is 10.7. The molecule has 0 rings (SSSR count). The van der Waals surface area contributed by atoms with E-state index in [4.69, 9.17) is 0 Å². The Bertz CT molecular complexity index is 176. The van der Waals surface area contributed by atoms with Crippen LogP contribution in [0.15, 0.2) is 0 Å². The third-order valence-corrected chi connectivity index (χ3v) is 1.45. The standard InChI is InChI=1S/C5H7BrO.C5H9O2.Li/c1-3-5(7)4(2)6;1-5(2,3)7-4-6;/h4H,1-3H2;1-3H3;/q-2;-1;+1. The molecule has 0 saturated heterocycles. The number of hydrogen-bond acceptors (Lipinski definition) is 3. The first-order chi connectivity index (χ1) is 6.24. The molecule has 5 heteroatoms. The van der Waals surface area contributed by atoms with E-state index in [1.54, 1.807) is 20.8 Å². The molecule has 3 nitrogen and oxygen atoms in total. The normalized spacial score (nSPS) is 11.3. The number of Topliss-reactive ketones (excluding diaryl/α,β-unsaturated/α-hetero) is 1. The summed E-state index contributed by atoms with van der Waals surface area (Å²) in [6.45, 7) is 13.6. The molecule has 0 fully saturated rings. The first-order valence-corrected chi connectivity index (χ1v) is 5.00. The number of ketones is 1. The molecule has 0 amide bonds. The largest absolute Gasteiger partial charge is 1.00 e. The summed E-state index contributed by atoms with van der Waals surface area (Å²) in [5.74, 6) is 0.0417. The van der Waals surface area contributed by atoms with Crippen molar-refractivity contribution in [1.29, 1.82) is 0 Å². The molecule has 0 radical (unpaired) electrons. The number of ether oxygens (including phenoxy) is 1. The number of halogens is 1. The van der Waals surface area contributed by atoms with E-state index in [2.05, 4.69) is 34.5 Å². The minimum absolute atomic E-state index is 0. The van der Waals surface area contributed by atoms with E-state index in [0.29, 0.717) is 6.42 Å².